The van der Waals surface area contributed by atoms with Crippen LogP contribution < -0.4 is 5.46 Å². The first-order valence-corrected chi connectivity index (χ1v) is 8.56. The number of pyridine rings is 1. The van der Waals surface area contributed by atoms with Gasteiger partial charge in [-0.25, -0.2) is 9.78 Å². The molecule has 0 spiro atoms. The first kappa shape index (κ1) is 18.9. The van der Waals surface area contributed by atoms with E-state index in [2.05, 4.69) is 4.98 Å². The fraction of sp³-hybridized carbons (Fsp3) is 0.556. The summed E-state index contributed by atoms with van der Waals surface area (Å²) >= 11 is 0. The van der Waals surface area contributed by atoms with E-state index < -0.39 is 36.0 Å². The van der Waals surface area contributed by atoms with Gasteiger partial charge in [0, 0.05) is 29.3 Å². The summed E-state index contributed by atoms with van der Waals surface area (Å²) in [5, 5.41) is 0.579. The molecule has 0 atom stereocenters. The molecule has 1 aliphatic heterocycles. The van der Waals surface area contributed by atoms with Gasteiger partial charge in [0.25, 0.3) is 0 Å². The van der Waals surface area contributed by atoms with Crippen LogP contribution in [0.5, 0.6) is 0 Å². The fourth-order valence-electron chi connectivity index (χ4n) is 2.74. The van der Waals surface area contributed by atoms with Crippen LogP contribution in [0.2, 0.25) is 0 Å². The van der Waals surface area contributed by atoms with Crippen LogP contribution in [0.3, 0.4) is 0 Å². The molecule has 1 fully saturated rings. The van der Waals surface area contributed by atoms with Crippen molar-refractivity contribution in [1.82, 2.24) is 9.55 Å². The van der Waals surface area contributed by atoms with E-state index in [0.717, 1.165) is 0 Å². The van der Waals surface area contributed by atoms with Crippen LogP contribution in [0.25, 0.3) is 10.9 Å². The molecule has 1 aliphatic rings. The Hall–Kier alpha value is -1.93. The fourth-order valence-corrected chi connectivity index (χ4v) is 2.74. The van der Waals surface area contributed by atoms with Gasteiger partial charge in [-0.15, -0.1) is 0 Å². The lowest BCUT2D eigenvalue weighted by molar-refractivity contribution is 0.00578. The Kier molecular flexibility index (Phi) is 4.20. The zero-order chi connectivity index (χ0) is 19.5. The molecule has 0 aromatic carbocycles. The van der Waals surface area contributed by atoms with Crippen molar-refractivity contribution in [3.05, 3.63) is 24.4 Å². The van der Waals surface area contributed by atoms with Crippen molar-refractivity contribution < 1.29 is 23.2 Å². The van der Waals surface area contributed by atoms with Crippen LogP contribution in [-0.4, -0.2) is 39.6 Å². The lowest BCUT2D eigenvalue weighted by Crippen LogP contribution is -2.41. The molecule has 6 nitrogen and oxygen atoms in total. The van der Waals surface area contributed by atoms with Gasteiger partial charge in [0.15, 0.2) is 0 Å². The van der Waals surface area contributed by atoms with Crippen molar-refractivity contribution in [1.29, 1.82) is 0 Å². The second-order valence-electron chi connectivity index (χ2n) is 8.55. The van der Waals surface area contributed by atoms with E-state index in [9.17, 15) is 9.18 Å². The number of hydrogen-bond acceptors (Lipinski definition) is 5. The Morgan fingerprint density at radius 2 is 1.81 bits per heavy atom. The van der Waals surface area contributed by atoms with Crippen LogP contribution in [-0.2, 0) is 14.0 Å². The van der Waals surface area contributed by atoms with Crippen LogP contribution in [0.1, 0.15) is 48.5 Å². The molecule has 0 radical (unpaired) electrons. The predicted molar refractivity (Wildman–Crippen MR) is 97.0 cm³/mol. The molecule has 3 heterocycles. The Balaban J connectivity index is 2.09. The van der Waals surface area contributed by atoms with Crippen LogP contribution in [0.4, 0.5) is 9.18 Å². The highest BCUT2D eigenvalue weighted by molar-refractivity contribution is 6.65. The molecular weight excluding hydrogens is 338 g/mol. The van der Waals surface area contributed by atoms with Crippen molar-refractivity contribution in [2.75, 3.05) is 0 Å². The second-order valence-corrected chi connectivity index (χ2v) is 8.55. The largest absolute Gasteiger partial charge is 0.497 e. The Labute approximate surface area is 152 Å². The van der Waals surface area contributed by atoms with Gasteiger partial charge in [-0.2, -0.15) is 4.39 Å². The summed E-state index contributed by atoms with van der Waals surface area (Å²) in [7, 11) is -0.696. The molecule has 0 bridgehead atoms. The minimum Gasteiger partial charge on any atom is -0.443 e. The highest BCUT2D eigenvalue weighted by atomic mass is 19.1. The maximum Gasteiger partial charge on any atom is 0.497 e. The van der Waals surface area contributed by atoms with Crippen molar-refractivity contribution in [3.8, 4) is 0 Å². The maximum atomic E-state index is 13.7. The molecular formula is C18H24BFN2O4. The number of halogens is 1. The highest BCUT2D eigenvalue weighted by Crippen LogP contribution is 2.37. The molecule has 8 heteroatoms. The SMILES string of the molecule is CC(C)(C)OC(=O)n1cc(B2OC(C)(C)C(C)(C)O2)c2cnc(F)cc21. The van der Waals surface area contributed by atoms with Gasteiger partial charge in [0.05, 0.1) is 16.7 Å². The minimum atomic E-state index is -0.696. The number of fused-ring (bicyclic) bond motifs is 1. The maximum absolute atomic E-state index is 13.7. The standard InChI is InChI=1S/C18H24BFN2O4/c1-16(2,3)24-15(23)22-10-12(11-9-21-14(20)8-13(11)22)19-25-17(4,5)18(6,7)26-19/h8-10H,1-7H3. The van der Waals surface area contributed by atoms with Crippen molar-refractivity contribution in [2.24, 2.45) is 0 Å². The topological polar surface area (TPSA) is 62.6 Å². The zero-order valence-corrected chi connectivity index (χ0v) is 16.2. The van der Waals surface area contributed by atoms with Crippen molar-refractivity contribution >= 4 is 29.6 Å². The number of nitrogens with zero attached hydrogens (tertiary/aromatic N) is 2. The smallest absolute Gasteiger partial charge is 0.443 e. The molecule has 0 N–H and O–H groups in total. The van der Waals surface area contributed by atoms with Crippen LogP contribution >= 0.6 is 0 Å². The Morgan fingerprint density at radius 1 is 1.23 bits per heavy atom. The number of aromatic nitrogens is 2. The summed E-state index contributed by atoms with van der Waals surface area (Å²) in [6.07, 6.45) is 2.35. The summed E-state index contributed by atoms with van der Waals surface area (Å²) in [5.41, 5.74) is -0.783. The predicted octanol–water partition coefficient (Wildman–Crippen LogP) is 3.26. The average molecular weight is 362 g/mol. The number of carbonyl (C=O) groups excluding carboxylic acids is 1. The van der Waals surface area contributed by atoms with Crippen molar-refractivity contribution in [3.63, 3.8) is 0 Å². The molecule has 1 saturated heterocycles. The lowest BCUT2D eigenvalue weighted by Gasteiger charge is -2.32. The van der Waals surface area contributed by atoms with Gasteiger partial charge in [-0.05, 0) is 48.5 Å². The van der Waals surface area contributed by atoms with E-state index in [1.54, 1.807) is 27.0 Å². The minimum absolute atomic E-state index is 0.358. The van der Waals surface area contributed by atoms with E-state index in [-0.39, 0.29) is 0 Å². The highest BCUT2D eigenvalue weighted by Gasteiger charge is 2.52. The number of rotatable bonds is 1. The summed E-state index contributed by atoms with van der Waals surface area (Å²) in [6, 6.07) is 1.20. The van der Waals surface area contributed by atoms with E-state index >= 15 is 0 Å². The third-order valence-corrected chi connectivity index (χ3v) is 4.78. The first-order valence-electron chi connectivity index (χ1n) is 8.56. The number of carbonyl (C=O) groups is 1. The zero-order valence-electron chi connectivity index (χ0n) is 16.2. The molecule has 0 amide bonds. The summed E-state index contributed by atoms with van der Waals surface area (Å²) in [5.74, 6) is -0.680. The first-order chi connectivity index (χ1) is 11.8. The Bertz CT molecular complexity index is 854. The van der Waals surface area contributed by atoms with Crippen LogP contribution in [0.15, 0.2) is 18.5 Å². The van der Waals surface area contributed by atoms with Gasteiger partial charge in [0.1, 0.15) is 5.60 Å². The molecule has 2 aromatic rings. The summed E-state index contributed by atoms with van der Waals surface area (Å²) in [4.78, 5) is 16.3. The third kappa shape index (κ3) is 3.23. The van der Waals surface area contributed by atoms with Crippen molar-refractivity contribution in [2.45, 2.75) is 65.3 Å². The van der Waals surface area contributed by atoms with E-state index in [1.807, 2.05) is 27.7 Å². The van der Waals surface area contributed by atoms with E-state index in [1.165, 1.54) is 16.8 Å². The van der Waals surface area contributed by atoms with Gasteiger partial charge in [-0.1, -0.05) is 0 Å². The molecule has 26 heavy (non-hydrogen) atoms. The normalized spacial score (nSPS) is 19.2. The van der Waals surface area contributed by atoms with Crippen LogP contribution in [0, 0.1) is 5.95 Å². The third-order valence-electron chi connectivity index (χ3n) is 4.78. The molecule has 0 unspecified atom stereocenters. The van der Waals surface area contributed by atoms with Gasteiger partial charge >= 0.3 is 13.2 Å². The summed E-state index contributed by atoms with van der Waals surface area (Å²) < 4.78 is 32.6. The number of hydrogen-bond donors (Lipinski definition) is 0. The van der Waals surface area contributed by atoms with Gasteiger partial charge in [-0.3, -0.25) is 4.57 Å². The van der Waals surface area contributed by atoms with E-state index in [4.69, 9.17) is 14.0 Å². The number of ether oxygens (including phenoxy) is 1. The van der Waals surface area contributed by atoms with Gasteiger partial charge in [0.2, 0.25) is 5.95 Å². The lowest BCUT2D eigenvalue weighted by atomic mass is 9.79. The van der Waals surface area contributed by atoms with E-state index in [0.29, 0.717) is 16.4 Å². The summed E-state index contributed by atoms with van der Waals surface area (Å²) in [6.45, 7) is 13.1. The average Bonchev–Trinajstić information content (AvgIpc) is 2.91. The second kappa shape index (κ2) is 5.79. The Morgan fingerprint density at radius 3 is 2.35 bits per heavy atom. The molecule has 2 aromatic heterocycles. The molecule has 0 aliphatic carbocycles. The molecule has 0 saturated carbocycles. The molecule has 140 valence electrons. The quantitative estimate of drug-likeness (QED) is 0.576. The van der Waals surface area contributed by atoms with Gasteiger partial charge < -0.3 is 14.0 Å². The molecule has 3 rings (SSSR count). The monoisotopic (exact) mass is 362 g/mol.